The van der Waals surface area contributed by atoms with E-state index in [0.717, 1.165) is 21.9 Å². The first-order valence-corrected chi connectivity index (χ1v) is 9.19. The number of carbonyl (C=O) groups excluding carboxylic acids is 2. The molecule has 7 heteroatoms. The van der Waals surface area contributed by atoms with E-state index in [1.807, 2.05) is 30.3 Å². The van der Waals surface area contributed by atoms with Crippen LogP contribution in [-0.4, -0.2) is 32.7 Å². The van der Waals surface area contributed by atoms with Gasteiger partial charge in [0.25, 0.3) is 5.91 Å². The quantitative estimate of drug-likeness (QED) is 0.479. The van der Waals surface area contributed by atoms with Crippen molar-refractivity contribution in [2.75, 3.05) is 26.1 Å². The molecule has 0 aliphatic rings. The summed E-state index contributed by atoms with van der Waals surface area (Å²) in [6.07, 6.45) is 0. The van der Waals surface area contributed by atoms with Crippen molar-refractivity contribution in [2.45, 2.75) is 0 Å². The molecule has 0 unspecified atom stereocenters. The summed E-state index contributed by atoms with van der Waals surface area (Å²) in [5.41, 5.74) is 2.31. The number of hydrogen-bond acceptors (Lipinski definition) is 6. The number of nitrogens with one attached hydrogen (secondary N) is 1. The third-order valence-electron chi connectivity index (χ3n) is 4.58. The molecule has 0 atom stereocenters. The summed E-state index contributed by atoms with van der Waals surface area (Å²) in [5.74, 6) is -0.207. The molecule has 0 fully saturated rings. The summed E-state index contributed by atoms with van der Waals surface area (Å²) in [6.45, 7) is -0.428. The Bertz CT molecular complexity index is 1220. The number of carbonyl (C=O) groups is 2. The van der Waals surface area contributed by atoms with Gasteiger partial charge in [-0.05, 0) is 36.4 Å². The molecule has 1 amide bonds. The molecule has 1 heterocycles. The molecular weight excluding hydrogens is 386 g/mol. The summed E-state index contributed by atoms with van der Waals surface area (Å²) >= 11 is 0. The van der Waals surface area contributed by atoms with Crippen LogP contribution in [0.25, 0.3) is 21.9 Å². The maximum Gasteiger partial charge on any atom is 0.338 e. The van der Waals surface area contributed by atoms with Crippen LogP contribution in [0.2, 0.25) is 0 Å². The Morgan fingerprint density at radius 2 is 1.57 bits per heavy atom. The molecule has 0 aliphatic carbocycles. The highest BCUT2D eigenvalue weighted by Crippen LogP contribution is 2.30. The second-order valence-corrected chi connectivity index (χ2v) is 6.53. The molecule has 3 aromatic carbocycles. The van der Waals surface area contributed by atoms with Crippen LogP contribution < -0.4 is 14.8 Å². The summed E-state index contributed by atoms with van der Waals surface area (Å²) in [7, 11) is 2.97. The molecule has 1 N–H and O–H groups in total. The lowest BCUT2D eigenvalue weighted by Gasteiger charge is -2.09. The number of esters is 1. The van der Waals surface area contributed by atoms with E-state index in [1.54, 1.807) is 18.2 Å². The average molecular weight is 405 g/mol. The first-order chi connectivity index (χ1) is 14.6. The Kier molecular flexibility index (Phi) is 5.26. The van der Waals surface area contributed by atoms with E-state index in [1.165, 1.54) is 26.4 Å². The number of rotatable bonds is 6. The monoisotopic (exact) mass is 405 g/mol. The Morgan fingerprint density at radius 1 is 0.867 bits per heavy atom. The van der Waals surface area contributed by atoms with Crippen molar-refractivity contribution in [3.63, 3.8) is 0 Å². The predicted octanol–water partition coefficient (Wildman–Crippen LogP) is 4.40. The average Bonchev–Trinajstić information content (AvgIpc) is 3.15. The van der Waals surface area contributed by atoms with Crippen LogP contribution in [0.3, 0.4) is 0 Å². The molecule has 0 aliphatic heterocycles. The number of para-hydroxylation sites is 1. The van der Waals surface area contributed by atoms with E-state index in [9.17, 15) is 9.59 Å². The van der Waals surface area contributed by atoms with Crippen LogP contribution in [0, 0.1) is 0 Å². The molecule has 152 valence electrons. The topological polar surface area (TPSA) is 87.0 Å². The fraction of sp³-hybridized carbons (Fsp3) is 0.130. The molecule has 30 heavy (non-hydrogen) atoms. The molecule has 7 nitrogen and oxygen atoms in total. The molecule has 0 saturated carbocycles. The van der Waals surface area contributed by atoms with Crippen LogP contribution in [0.15, 0.2) is 65.1 Å². The maximum atomic E-state index is 12.3. The minimum absolute atomic E-state index is 0.227. The van der Waals surface area contributed by atoms with E-state index in [4.69, 9.17) is 18.6 Å². The van der Waals surface area contributed by atoms with E-state index >= 15 is 0 Å². The van der Waals surface area contributed by atoms with Gasteiger partial charge in [-0.25, -0.2) is 4.79 Å². The molecule has 4 rings (SSSR count). The normalized spacial score (nSPS) is 10.7. The zero-order chi connectivity index (χ0) is 21.1. The van der Waals surface area contributed by atoms with Crippen molar-refractivity contribution in [2.24, 2.45) is 0 Å². The van der Waals surface area contributed by atoms with Crippen LogP contribution in [0.1, 0.15) is 10.4 Å². The van der Waals surface area contributed by atoms with Crippen LogP contribution in [-0.2, 0) is 9.53 Å². The molecule has 4 aromatic rings. The van der Waals surface area contributed by atoms with E-state index < -0.39 is 18.5 Å². The highest BCUT2D eigenvalue weighted by Gasteiger charge is 2.14. The summed E-state index contributed by atoms with van der Waals surface area (Å²) in [6, 6.07) is 17.7. The van der Waals surface area contributed by atoms with Gasteiger partial charge in [-0.1, -0.05) is 18.2 Å². The molecule has 0 spiro atoms. The SMILES string of the molecule is COc1cc(OC)cc(C(=O)OCC(=O)Nc2ccc3oc4ccccc4c3c2)c1. The fourth-order valence-corrected chi connectivity index (χ4v) is 3.14. The standard InChI is InChI=1S/C23H19NO6/c1-27-16-9-14(10-17(12-16)28-2)23(26)29-13-22(25)24-15-7-8-21-19(11-15)18-5-3-4-6-20(18)30-21/h3-12H,13H2,1-2H3,(H,24,25). The second-order valence-electron chi connectivity index (χ2n) is 6.53. The van der Waals surface area contributed by atoms with E-state index in [-0.39, 0.29) is 5.56 Å². The largest absolute Gasteiger partial charge is 0.497 e. The Hall–Kier alpha value is -4.00. The number of anilines is 1. The van der Waals surface area contributed by atoms with Crippen molar-refractivity contribution in [1.82, 2.24) is 0 Å². The van der Waals surface area contributed by atoms with Gasteiger partial charge in [0.2, 0.25) is 0 Å². The van der Waals surface area contributed by atoms with Crippen molar-refractivity contribution in [1.29, 1.82) is 0 Å². The molecule has 0 radical (unpaired) electrons. The molecule has 0 bridgehead atoms. The molecule has 0 saturated heterocycles. The van der Waals surface area contributed by atoms with Gasteiger partial charge in [-0.2, -0.15) is 0 Å². The van der Waals surface area contributed by atoms with Crippen LogP contribution in [0.5, 0.6) is 11.5 Å². The van der Waals surface area contributed by atoms with Crippen molar-refractivity contribution in [3.05, 3.63) is 66.2 Å². The summed E-state index contributed by atoms with van der Waals surface area (Å²) < 4.78 is 21.2. The highest BCUT2D eigenvalue weighted by molar-refractivity contribution is 6.07. The van der Waals surface area contributed by atoms with Gasteiger partial charge in [0.05, 0.1) is 19.8 Å². The number of ether oxygens (including phenoxy) is 3. The smallest absolute Gasteiger partial charge is 0.338 e. The van der Waals surface area contributed by atoms with Gasteiger partial charge in [0, 0.05) is 22.5 Å². The van der Waals surface area contributed by atoms with Gasteiger partial charge in [-0.15, -0.1) is 0 Å². The Balaban J connectivity index is 1.43. The van der Waals surface area contributed by atoms with Crippen LogP contribution in [0.4, 0.5) is 5.69 Å². The predicted molar refractivity (Wildman–Crippen MR) is 112 cm³/mol. The summed E-state index contributed by atoms with van der Waals surface area (Å²) in [4.78, 5) is 24.6. The minimum Gasteiger partial charge on any atom is -0.497 e. The zero-order valence-corrected chi connectivity index (χ0v) is 16.4. The first-order valence-electron chi connectivity index (χ1n) is 9.19. The minimum atomic E-state index is -0.654. The molecule has 1 aromatic heterocycles. The number of furan rings is 1. The second kappa shape index (κ2) is 8.16. The summed E-state index contributed by atoms with van der Waals surface area (Å²) in [5, 5.41) is 4.59. The first kappa shape index (κ1) is 19.3. The lowest BCUT2D eigenvalue weighted by atomic mass is 10.1. The van der Waals surface area contributed by atoms with Crippen molar-refractivity contribution in [3.8, 4) is 11.5 Å². The fourth-order valence-electron chi connectivity index (χ4n) is 3.14. The van der Waals surface area contributed by atoms with Crippen molar-refractivity contribution < 1.29 is 28.2 Å². The van der Waals surface area contributed by atoms with Gasteiger partial charge in [-0.3, -0.25) is 4.79 Å². The van der Waals surface area contributed by atoms with Gasteiger partial charge >= 0.3 is 5.97 Å². The Labute approximate surface area is 172 Å². The number of hydrogen-bond donors (Lipinski definition) is 1. The van der Waals surface area contributed by atoms with Gasteiger partial charge in [0.15, 0.2) is 6.61 Å². The lowest BCUT2D eigenvalue weighted by Crippen LogP contribution is -2.21. The third kappa shape index (κ3) is 3.91. The zero-order valence-electron chi connectivity index (χ0n) is 16.4. The van der Waals surface area contributed by atoms with Gasteiger partial charge in [0.1, 0.15) is 22.7 Å². The number of benzene rings is 3. The third-order valence-corrected chi connectivity index (χ3v) is 4.58. The number of methoxy groups -OCH3 is 2. The van der Waals surface area contributed by atoms with Crippen molar-refractivity contribution >= 4 is 39.5 Å². The number of fused-ring (bicyclic) bond motifs is 3. The molecular formula is C23H19NO6. The van der Waals surface area contributed by atoms with Gasteiger partial charge < -0.3 is 23.9 Å². The van der Waals surface area contributed by atoms with E-state index in [2.05, 4.69) is 5.32 Å². The lowest BCUT2D eigenvalue weighted by molar-refractivity contribution is -0.119. The van der Waals surface area contributed by atoms with E-state index in [0.29, 0.717) is 17.2 Å². The number of amides is 1. The van der Waals surface area contributed by atoms with Crippen LogP contribution >= 0.6 is 0 Å². The maximum absolute atomic E-state index is 12.3. The Morgan fingerprint density at radius 3 is 2.30 bits per heavy atom. The highest BCUT2D eigenvalue weighted by atomic mass is 16.5.